The van der Waals surface area contributed by atoms with Gasteiger partial charge in [0.1, 0.15) is 0 Å². The van der Waals surface area contributed by atoms with Crippen molar-refractivity contribution in [2.24, 2.45) is 5.73 Å². The molecule has 8 N–H and O–H groups in total. The van der Waals surface area contributed by atoms with E-state index >= 15 is 0 Å². The SMILES string of the molecule is CCCCCCCCCCCCCCCCNCCCNCCCNCCCCNCCCNCCCN.O=C(O)C(F)(F)F. The van der Waals surface area contributed by atoms with E-state index in [2.05, 4.69) is 33.5 Å². The molecule has 0 aliphatic heterocycles. The molecule has 0 aliphatic carbocycles. The average molecular weight is 655 g/mol. The minimum atomic E-state index is -5.08. The Balaban J connectivity index is 0. The lowest BCUT2D eigenvalue weighted by atomic mass is 10.0. The van der Waals surface area contributed by atoms with Gasteiger partial charge in [-0.1, -0.05) is 90.4 Å². The third-order valence-electron chi connectivity index (χ3n) is 7.59. The van der Waals surface area contributed by atoms with Gasteiger partial charge in [0.2, 0.25) is 0 Å². The van der Waals surface area contributed by atoms with Gasteiger partial charge in [-0.05, 0) is 117 Å². The van der Waals surface area contributed by atoms with Gasteiger partial charge in [-0.2, -0.15) is 13.2 Å². The number of alkyl halides is 3. The second-order valence-electron chi connectivity index (χ2n) is 12.1. The van der Waals surface area contributed by atoms with Gasteiger partial charge in [0.15, 0.2) is 0 Å². The fourth-order valence-electron chi connectivity index (χ4n) is 4.81. The van der Waals surface area contributed by atoms with Gasteiger partial charge in [0.25, 0.3) is 0 Å². The van der Waals surface area contributed by atoms with E-state index < -0.39 is 12.1 Å². The Bertz CT molecular complexity index is 539. The van der Waals surface area contributed by atoms with Crippen molar-refractivity contribution in [1.82, 2.24) is 26.6 Å². The standard InChI is InChI=1S/C32H72N6.C2HF3O2/c1-2-3-4-5-6-7-8-9-10-11-12-13-14-15-23-34-27-20-31-38-32-21-29-36-25-17-16-24-35-28-19-30-37-26-18-22-33;3-2(4,5)1(6)7/h34-38H,2-33H2,1H3;(H,6,7). The van der Waals surface area contributed by atoms with Gasteiger partial charge in [-0.3, -0.25) is 0 Å². The fourth-order valence-corrected chi connectivity index (χ4v) is 4.81. The Morgan fingerprint density at radius 1 is 0.467 bits per heavy atom. The first-order valence-corrected chi connectivity index (χ1v) is 18.4. The molecule has 0 heterocycles. The van der Waals surface area contributed by atoms with E-state index in [1.54, 1.807) is 0 Å². The lowest BCUT2D eigenvalue weighted by Gasteiger charge is -2.08. The molecule has 0 fully saturated rings. The van der Waals surface area contributed by atoms with Crippen molar-refractivity contribution in [2.45, 2.75) is 142 Å². The number of halogens is 3. The highest BCUT2D eigenvalue weighted by Gasteiger charge is 2.38. The van der Waals surface area contributed by atoms with Crippen LogP contribution in [0, 0.1) is 0 Å². The van der Waals surface area contributed by atoms with Crippen LogP contribution in [0.2, 0.25) is 0 Å². The van der Waals surface area contributed by atoms with Crippen molar-refractivity contribution in [3.8, 4) is 0 Å². The van der Waals surface area contributed by atoms with Gasteiger partial charge in [-0.25, -0.2) is 4.79 Å². The number of unbranched alkanes of at least 4 members (excludes halogenated alkanes) is 14. The molecule has 0 bridgehead atoms. The van der Waals surface area contributed by atoms with Crippen LogP contribution >= 0.6 is 0 Å². The van der Waals surface area contributed by atoms with E-state index in [1.807, 2.05) is 0 Å². The maximum absolute atomic E-state index is 10.6. The van der Waals surface area contributed by atoms with E-state index in [1.165, 1.54) is 129 Å². The molecule has 0 spiro atoms. The number of nitrogens with one attached hydrogen (secondary N) is 5. The van der Waals surface area contributed by atoms with E-state index in [0.717, 1.165) is 71.9 Å². The van der Waals surface area contributed by atoms with E-state index in [0.29, 0.717) is 0 Å². The maximum atomic E-state index is 10.6. The first kappa shape index (κ1) is 46.1. The summed E-state index contributed by atoms with van der Waals surface area (Å²) >= 11 is 0. The predicted octanol–water partition coefficient (Wildman–Crippen LogP) is 6.35. The molecule has 0 radical (unpaired) electrons. The van der Waals surface area contributed by atoms with E-state index in [-0.39, 0.29) is 0 Å². The highest BCUT2D eigenvalue weighted by molar-refractivity contribution is 5.73. The Hall–Kier alpha value is -0.980. The van der Waals surface area contributed by atoms with Crippen molar-refractivity contribution < 1.29 is 23.1 Å². The fraction of sp³-hybridized carbons (Fsp3) is 0.971. The van der Waals surface area contributed by atoms with Gasteiger partial charge in [0, 0.05) is 0 Å². The largest absolute Gasteiger partial charge is 0.490 e. The number of hydrogen-bond acceptors (Lipinski definition) is 7. The molecular weight excluding hydrogens is 581 g/mol. The predicted molar refractivity (Wildman–Crippen MR) is 185 cm³/mol. The normalized spacial score (nSPS) is 11.5. The number of nitrogens with two attached hydrogens (primary N) is 1. The number of aliphatic carboxylic acids is 1. The van der Waals surface area contributed by atoms with Crippen molar-refractivity contribution in [3.05, 3.63) is 0 Å². The molecule has 0 amide bonds. The highest BCUT2D eigenvalue weighted by Crippen LogP contribution is 2.13. The molecule has 0 aromatic heterocycles. The second kappa shape index (κ2) is 39.2. The number of rotatable bonds is 35. The van der Waals surface area contributed by atoms with Crippen LogP contribution < -0.4 is 32.3 Å². The smallest absolute Gasteiger partial charge is 0.475 e. The summed E-state index contributed by atoms with van der Waals surface area (Å²) in [6, 6.07) is 0. The number of carbonyl (C=O) groups is 1. The van der Waals surface area contributed by atoms with Crippen LogP contribution in [0.15, 0.2) is 0 Å². The van der Waals surface area contributed by atoms with Crippen molar-refractivity contribution in [3.63, 3.8) is 0 Å². The zero-order valence-corrected chi connectivity index (χ0v) is 29.0. The molecule has 272 valence electrons. The van der Waals surface area contributed by atoms with Gasteiger partial charge in [-0.15, -0.1) is 0 Å². The first-order valence-electron chi connectivity index (χ1n) is 18.4. The summed E-state index contributed by atoms with van der Waals surface area (Å²) in [4.78, 5) is 8.90. The van der Waals surface area contributed by atoms with E-state index in [4.69, 9.17) is 15.6 Å². The molecule has 0 saturated heterocycles. The third-order valence-corrected chi connectivity index (χ3v) is 7.59. The molecule has 45 heavy (non-hydrogen) atoms. The molecule has 0 aliphatic rings. The topological polar surface area (TPSA) is 123 Å². The van der Waals surface area contributed by atoms with Crippen LogP contribution in [-0.4, -0.2) is 89.2 Å². The number of carboxylic acid groups (broad SMARTS) is 1. The van der Waals surface area contributed by atoms with E-state index in [9.17, 15) is 13.2 Å². The van der Waals surface area contributed by atoms with Gasteiger partial charge < -0.3 is 37.4 Å². The molecule has 0 saturated carbocycles. The Morgan fingerprint density at radius 3 is 0.956 bits per heavy atom. The molecule has 0 aromatic rings. The molecule has 0 rings (SSSR count). The summed E-state index contributed by atoms with van der Waals surface area (Å²) in [5.41, 5.74) is 5.48. The van der Waals surface area contributed by atoms with Crippen molar-refractivity contribution in [1.29, 1.82) is 0 Å². The summed E-state index contributed by atoms with van der Waals surface area (Å²) in [5, 5.41) is 24.9. The minimum absolute atomic E-state index is 0.785. The van der Waals surface area contributed by atoms with Crippen LogP contribution in [0.5, 0.6) is 0 Å². The van der Waals surface area contributed by atoms with Crippen LogP contribution in [0.1, 0.15) is 135 Å². The molecule has 11 heteroatoms. The van der Waals surface area contributed by atoms with Crippen LogP contribution in [0.3, 0.4) is 0 Å². The quantitative estimate of drug-likeness (QED) is 0.0395. The summed E-state index contributed by atoms with van der Waals surface area (Å²) in [6.45, 7) is 14.4. The lowest BCUT2D eigenvalue weighted by Crippen LogP contribution is -2.26. The Kier molecular flexibility index (Phi) is 40.2. The lowest BCUT2D eigenvalue weighted by molar-refractivity contribution is -0.192. The number of carboxylic acids is 1. The summed E-state index contributed by atoms with van der Waals surface area (Å²) in [5.74, 6) is -2.76. The Labute approximate surface area is 274 Å². The Morgan fingerprint density at radius 2 is 0.689 bits per heavy atom. The van der Waals surface area contributed by atoms with Gasteiger partial charge in [0.05, 0.1) is 0 Å². The second-order valence-corrected chi connectivity index (χ2v) is 12.1. The molecule has 0 atom stereocenters. The average Bonchev–Trinajstić information content (AvgIpc) is 3.01. The van der Waals surface area contributed by atoms with Crippen LogP contribution in [-0.2, 0) is 4.79 Å². The molecule has 0 aromatic carbocycles. The molecular formula is C34H73F3N6O2. The van der Waals surface area contributed by atoms with Crippen LogP contribution in [0.4, 0.5) is 13.2 Å². The monoisotopic (exact) mass is 655 g/mol. The minimum Gasteiger partial charge on any atom is -0.475 e. The highest BCUT2D eigenvalue weighted by atomic mass is 19.4. The summed E-state index contributed by atoms with van der Waals surface area (Å²) in [6.07, 6.45) is 22.3. The summed E-state index contributed by atoms with van der Waals surface area (Å²) in [7, 11) is 0. The van der Waals surface area contributed by atoms with Gasteiger partial charge >= 0.3 is 12.1 Å². The first-order chi connectivity index (χ1) is 21.9. The zero-order chi connectivity index (χ0) is 33.5. The van der Waals surface area contributed by atoms with Crippen molar-refractivity contribution in [2.75, 3.05) is 72.0 Å². The number of hydrogen-bond donors (Lipinski definition) is 7. The maximum Gasteiger partial charge on any atom is 0.490 e. The van der Waals surface area contributed by atoms with Crippen molar-refractivity contribution >= 4 is 5.97 Å². The van der Waals surface area contributed by atoms with Crippen LogP contribution in [0.25, 0.3) is 0 Å². The summed E-state index contributed by atoms with van der Waals surface area (Å²) < 4.78 is 31.7. The molecule has 8 nitrogen and oxygen atoms in total. The zero-order valence-electron chi connectivity index (χ0n) is 29.0. The molecule has 0 unspecified atom stereocenters. The third kappa shape index (κ3) is 45.2.